The fourth-order valence-corrected chi connectivity index (χ4v) is 3.21. The van der Waals surface area contributed by atoms with E-state index in [1.165, 1.54) is 43.9 Å². The average Bonchev–Trinajstić information content (AvgIpc) is 2.45. The van der Waals surface area contributed by atoms with Crippen LogP contribution >= 0.6 is 0 Å². The summed E-state index contributed by atoms with van der Waals surface area (Å²) >= 11 is 0. The van der Waals surface area contributed by atoms with Crippen LogP contribution in [0.25, 0.3) is 0 Å². The van der Waals surface area contributed by atoms with E-state index in [9.17, 15) is 9.18 Å². The molecule has 2 unspecified atom stereocenters. The molecule has 0 radical (unpaired) electrons. The zero-order chi connectivity index (χ0) is 15.2. The Morgan fingerprint density at radius 1 is 1.43 bits per heavy atom. The molecule has 3 nitrogen and oxygen atoms in total. The summed E-state index contributed by atoms with van der Waals surface area (Å²) in [7, 11) is 0. The number of nitrogens with one attached hydrogen (secondary N) is 1. The van der Waals surface area contributed by atoms with Crippen LogP contribution in [0.15, 0.2) is 18.2 Å². The molecule has 0 saturated heterocycles. The van der Waals surface area contributed by atoms with Crippen LogP contribution in [0.2, 0.25) is 0 Å². The summed E-state index contributed by atoms with van der Waals surface area (Å²) in [5, 5.41) is 3.28. The Hall–Kier alpha value is -1.42. The van der Waals surface area contributed by atoms with E-state index in [2.05, 4.69) is 12.2 Å². The molecule has 0 aromatic heterocycles. The number of amides is 1. The van der Waals surface area contributed by atoms with Gasteiger partial charge in [0, 0.05) is 17.7 Å². The molecule has 0 heterocycles. The van der Waals surface area contributed by atoms with Gasteiger partial charge in [0.15, 0.2) is 0 Å². The average molecular weight is 292 g/mol. The molecular weight excluding hydrogens is 267 g/mol. The highest BCUT2D eigenvalue weighted by atomic mass is 19.1. The molecule has 4 heteroatoms. The van der Waals surface area contributed by atoms with E-state index in [1.54, 1.807) is 0 Å². The van der Waals surface area contributed by atoms with Crippen LogP contribution in [-0.2, 0) is 6.54 Å². The second kappa shape index (κ2) is 7.55. The summed E-state index contributed by atoms with van der Waals surface area (Å²) < 4.78 is 13.7. The number of nitrogens with two attached hydrogens (primary N) is 1. The second-order valence-electron chi connectivity index (χ2n) is 6.27. The predicted octanol–water partition coefficient (Wildman–Crippen LogP) is 3.23. The van der Waals surface area contributed by atoms with Gasteiger partial charge in [-0.2, -0.15) is 0 Å². The minimum Gasteiger partial charge on any atom is -0.366 e. The summed E-state index contributed by atoms with van der Waals surface area (Å²) in [5.74, 6) is 0.822. The van der Waals surface area contributed by atoms with Crippen LogP contribution in [0.1, 0.15) is 54.9 Å². The first-order chi connectivity index (χ1) is 10.1. The van der Waals surface area contributed by atoms with Gasteiger partial charge in [-0.1, -0.05) is 26.2 Å². The van der Waals surface area contributed by atoms with Crippen LogP contribution in [0.3, 0.4) is 0 Å². The van der Waals surface area contributed by atoms with Gasteiger partial charge in [0.1, 0.15) is 5.82 Å². The molecule has 1 aromatic carbocycles. The molecule has 116 valence electrons. The fraction of sp³-hybridized carbons (Fsp3) is 0.588. The molecule has 2 rings (SSSR count). The standard InChI is InChI=1S/C17H25FN2O/c1-12-3-2-4-13(9-12)7-8-20-11-15-10-14(17(19)21)5-6-16(15)18/h5-6,10,12-13,20H,2-4,7-9,11H2,1H3,(H2,19,21). The van der Waals surface area contributed by atoms with E-state index < -0.39 is 5.91 Å². The number of primary amides is 1. The van der Waals surface area contributed by atoms with E-state index in [-0.39, 0.29) is 5.82 Å². The van der Waals surface area contributed by atoms with Crippen molar-refractivity contribution in [3.05, 3.63) is 35.1 Å². The first kappa shape index (κ1) is 16.0. The zero-order valence-electron chi connectivity index (χ0n) is 12.7. The third-order valence-corrected chi connectivity index (χ3v) is 4.42. The number of carbonyl (C=O) groups excluding carboxylic acids is 1. The maximum Gasteiger partial charge on any atom is 0.248 e. The lowest BCUT2D eigenvalue weighted by molar-refractivity contribution is 0.1000. The van der Waals surface area contributed by atoms with Crippen molar-refractivity contribution in [3.8, 4) is 0 Å². The van der Waals surface area contributed by atoms with Gasteiger partial charge in [0.2, 0.25) is 5.91 Å². The minimum atomic E-state index is -0.521. The third-order valence-electron chi connectivity index (χ3n) is 4.42. The van der Waals surface area contributed by atoms with Gasteiger partial charge >= 0.3 is 0 Å². The normalized spacial score (nSPS) is 22.2. The predicted molar refractivity (Wildman–Crippen MR) is 82.4 cm³/mol. The Kier molecular flexibility index (Phi) is 5.74. The summed E-state index contributed by atoms with van der Waals surface area (Å²) in [6.07, 6.45) is 6.46. The smallest absolute Gasteiger partial charge is 0.248 e. The summed E-state index contributed by atoms with van der Waals surface area (Å²) in [5.41, 5.74) is 6.08. The molecule has 1 amide bonds. The highest BCUT2D eigenvalue weighted by Gasteiger charge is 2.18. The molecule has 1 aliphatic rings. The van der Waals surface area contributed by atoms with Crippen molar-refractivity contribution >= 4 is 5.91 Å². The van der Waals surface area contributed by atoms with Gasteiger partial charge in [-0.3, -0.25) is 4.79 Å². The van der Waals surface area contributed by atoms with E-state index in [0.29, 0.717) is 17.7 Å². The van der Waals surface area contributed by atoms with Gasteiger partial charge in [-0.15, -0.1) is 0 Å². The Bertz CT molecular complexity index is 490. The summed E-state index contributed by atoms with van der Waals surface area (Å²) in [6, 6.07) is 4.26. The maximum atomic E-state index is 13.7. The molecule has 1 aromatic rings. The van der Waals surface area contributed by atoms with Crippen molar-refractivity contribution in [2.24, 2.45) is 17.6 Å². The van der Waals surface area contributed by atoms with Gasteiger partial charge < -0.3 is 11.1 Å². The van der Waals surface area contributed by atoms with Crippen molar-refractivity contribution in [2.75, 3.05) is 6.54 Å². The fourth-order valence-electron chi connectivity index (χ4n) is 3.21. The number of halogens is 1. The molecule has 3 N–H and O–H groups in total. The molecule has 1 saturated carbocycles. The highest BCUT2D eigenvalue weighted by Crippen LogP contribution is 2.30. The van der Waals surface area contributed by atoms with Gasteiger partial charge in [0.25, 0.3) is 0 Å². The van der Waals surface area contributed by atoms with Crippen molar-refractivity contribution in [3.63, 3.8) is 0 Å². The Balaban J connectivity index is 1.78. The first-order valence-corrected chi connectivity index (χ1v) is 7.85. The van der Waals surface area contributed by atoms with E-state index in [1.807, 2.05) is 0 Å². The first-order valence-electron chi connectivity index (χ1n) is 7.85. The third kappa shape index (κ3) is 4.81. The van der Waals surface area contributed by atoms with Crippen LogP contribution in [0, 0.1) is 17.7 Å². The number of rotatable bonds is 6. The Labute approximate surface area is 126 Å². The molecule has 21 heavy (non-hydrogen) atoms. The van der Waals surface area contributed by atoms with E-state index in [4.69, 9.17) is 5.73 Å². The zero-order valence-corrected chi connectivity index (χ0v) is 12.7. The Morgan fingerprint density at radius 3 is 2.95 bits per heavy atom. The second-order valence-corrected chi connectivity index (χ2v) is 6.27. The van der Waals surface area contributed by atoms with Crippen molar-refractivity contribution < 1.29 is 9.18 Å². The summed E-state index contributed by atoms with van der Waals surface area (Å²) in [6.45, 7) is 3.65. The highest BCUT2D eigenvalue weighted by molar-refractivity contribution is 5.92. The molecule has 0 bridgehead atoms. The van der Waals surface area contributed by atoms with Gasteiger partial charge in [0.05, 0.1) is 0 Å². The molecule has 0 spiro atoms. The monoisotopic (exact) mass is 292 g/mol. The number of hydrogen-bond acceptors (Lipinski definition) is 2. The molecule has 2 atom stereocenters. The molecular formula is C17H25FN2O. The molecule has 1 aliphatic carbocycles. The maximum absolute atomic E-state index is 13.7. The van der Waals surface area contributed by atoms with Crippen molar-refractivity contribution in [1.82, 2.24) is 5.32 Å². The van der Waals surface area contributed by atoms with E-state index >= 15 is 0 Å². The van der Waals surface area contributed by atoms with Crippen LogP contribution in [-0.4, -0.2) is 12.5 Å². The quantitative estimate of drug-likeness (QED) is 0.791. The van der Waals surface area contributed by atoms with Gasteiger partial charge in [-0.25, -0.2) is 4.39 Å². The largest absolute Gasteiger partial charge is 0.366 e. The van der Waals surface area contributed by atoms with Crippen LogP contribution in [0.4, 0.5) is 4.39 Å². The summed E-state index contributed by atoms with van der Waals surface area (Å²) in [4.78, 5) is 11.1. The van der Waals surface area contributed by atoms with Crippen molar-refractivity contribution in [2.45, 2.75) is 45.6 Å². The lowest BCUT2D eigenvalue weighted by Crippen LogP contribution is -2.22. The van der Waals surface area contributed by atoms with Crippen molar-refractivity contribution in [1.29, 1.82) is 0 Å². The van der Waals surface area contributed by atoms with Gasteiger partial charge in [-0.05, 0) is 49.4 Å². The SMILES string of the molecule is CC1CCCC(CCNCc2cc(C(N)=O)ccc2F)C1. The van der Waals surface area contributed by atoms with Crippen LogP contribution < -0.4 is 11.1 Å². The lowest BCUT2D eigenvalue weighted by Gasteiger charge is -2.26. The minimum absolute atomic E-state index is 0.293. The number of hydrogen-bond donors (Lipinski definition) is 2. The number of carbonyl (C=O) groups is 1. The topological polar surface area (TPSA) is 55.1 Å². The number of benzene rings is 1. The Morgan fingerprint density at radius 2 is 2.24 bits per heavy atom. The van der Waals surface area contributed by atoms with Crippen LogP contribution in [0.5, 0.6) is 0 Å². The molecule has 0 aliphatic heterocycles. The van der Waals surface area contributed by atoms with E-state index in [0.717, 1.165) is 24.8 Å². The molecule has 1 fully saturated rings. The lowest BCUT2D eigenvalue weighted by atomic mass is 9.81.